The summed E-state index contributed by atoms with van der Waals surface area (Å²) >= 11 is 0. The van der Waals surface area contributed by atoms with Gasteiger partial charge in [-0.05, 0) is 31.2 Å². The van der Waals surface area contributed by atoms with Crippen molar-refractivity contribution in [3.05, 3.63) is 36.2 Å². The summed E-state index contributed by atoms with van der Waals surface area (Å²) in [7, 11) is 0. The van der Waals surface area contributed by atoms with Crippen molar-refractivity contribution >= 4 is 23.5 Å². The van der Waals surface area contributed by atoms with Gasteiger partial charge in [0.05, 0.1) is 0 Å². The van der Waals surface area contributed by atoms with Gasteiger partial charge in [-0.25, -0.2) is 9.97 Å². The number of carbonyl (C=O) groups is 1. The average Bonchev–Trinajstić information content (AvgIpc) is 2.40. The van der Waals surface area contributed by atoms with Crippen LogP contribution in [0.4, 0.5) is 17.6 Å². The molecule has 0 spiro atoms. The number of hydrogen-bond acceptors (Lipinski definition) is 6. The van der Waals surface area contributed by atoms with E-state index in [0.29, 0.717) is 23.7 Å². The van der Waals surface area contributed by atoms with Crippen LogP contribution in [-0.4, -0.2) is 27.4 Å². The van der Waals surface area contributed by atoms with Crippen LogP contribution < -0.4 is 16.4 Å². The third-order valence-corrected chi connectivity index (χ3v) is 2.30. The number of aromatic nitrogens is 3. The molecule has 0 aliphatic rings. The number of nitrogen functional groups attached to an aromatic ring is 1. The predicted octanol–water partition coefficient (Wildman–Crippen LogP) is 1.14. The second kappa shape index (κ2) is 5.76. The minimum atomic E-state index is -0.298. The van der Waals surface area contributed by atoms with Crippen LogP contribution in [0.5, 0.6) is 0 Å². The summed E-state index contributed by atoms with van der Waals surface area (Å²) < 4.78 is 0. The molecule has 1 aromatic heterocycles. The first-order chi connectivity index (χ1) is 9.19. The highest BCUT2D eigenvalue weighted by Crippen LogP contribution is 2.08. The molecule has 0 bridgehead atoms. The molecule has 0 aliphatic carbocycles. The molecule has 19 heavy (non-hydrogen) atoms. The van der Waals surface area contributed by atoms with Crippen LogP contribution in [0.1, 0.15) is 17.3 Å². The van der Waals surface area contributed by atoms with E-state index >= 15 is 0 Å². The van der Waals surface area contributed by atoms with Gasteiger partial charge in [-0.1, -0.05) is 0 Å². The number of anilines is 3. The highest BCUT2D eigenvalue weighted by atomic mass is 16.1. The van der Waals surface area contributed by atoms with Crippen molar-refractivity contribution in [2.45, 2.75) is 6.92 Å². The number of nitrogens with zero attached hydrogens (tertiary/aromatic N) is 3. The van der Waals surface area contributed by atoms with Crippen LogP contribution in [0, 0.1) is 0 Å². The summed E-state index contributed by atoms with van der Waals surface area (Å²) in [6, 6.07) is 6.59. The van der Waals surface area contributed by atoms with Crippen LogP contribution in [0.15, 0.2) is 30.6 Å². The predicted molar refractivity (Wildman–Crippen MR) is 72.8 cm³/mol. The number of hydrogen-bond donors (Lipinski definition) is 3. The molecule has 0 saturated heterocycles. The summed E-state index contributed by atoms with van der Waals surface area (Å²) in [5, 5.41) is 5.53. The Kier molecular flexibility index (Phi) is 3.87. The highest BCUT2D eigenvalue weighted by molar-refractivity contribution is 6.03. The van der Waals surface area contributed by atoms with Crippen LogP contribution in [0.25, 0.3) is 0 Å². The fourth-order valence-corrected chi connectivity index (χ4v) is 1.41. The summed E-state index contributed by atoms with van der Waals surface area (Å²) in [5.74, 6) is 0.325. The van der Waals surface area contributed by atoms with Crippen LogP contribution in [-0.2, 0) is 0 Å². The van der Waals surface area contributed by atoms with E-state index in [4.69, 9.17) is 5.73 Å². The molecule has 0 fully saturated rings. The first-order valence-electron chi connectivity index (χ1n) is 5.79. The van der Waals surface area contributed by atoms with Crippen LogP contribution in [0.3, 0.4) is 0 Å². The van der Waals surface area contributed by atoms with E-state index in [0.717, 1.165) is 0 Å². The number of nitrogens with one attached hydrogen (secondary N) is 2. The molecule has 0 saturated carbocycles. The van der Waals surface area contributed by atoms with E-state index < -0.39 is 0 Å². The van der Waals surface area contributed by atoms with Crippen molar-refractivity contribution in [2.75, 3.05) is 22.9 Å². The zero-order valence-corrected chi connectivity index (χ0v) is 10.4. The third kappa shape index (κ3) is 3.38. The maximum absolute atomic E-state index is 11.9. The van der Waals surface area contributed by atoms with Crippen molar-refractivity contribution < 1.29 is 4.79 Å². The van der Waals surface area contributed by atoms with Gasteiger partial charge in [-0.3, -0.25) is 10.1 Å². The SMILES string of the molecule is CCNc1ncnc(NC(=O)c2ccc(N)cc2)n1. The second-order valence-corrected chi connectivity index (χ2v) is 3.74. The first kappa shape index (κ1) is 12.7. The topological polar surface area (TPSA) is 106 Å². The lowest BCUT2D eigenvalue weighted by molar-refractivity contribution is 0.102. The molecule has 0 atom stereocenters. The number of rotatable bonds is 4. The fraction of sp³-hybridized carbons (Fsp3) is 0.167. The minimum Gasteiger partial charge on any atom is -0.399 e. The van der Waals surface area contributed by atoms with Crippen molar-refractivity contribution in [3.63, 3.8) is 0 Å². The van der Waals surface area contributed by atoms with Crippen molar-refractivity contribution in [2.24, 2.45) is 0 Å². The Morgan fingerprint density at radius 2 is 1.89 bits per heavy atom. The number of carbonyl (C=O) groups excluding carboxylic acids is 1. The standard InChI is InChI=1S/C12H14N6O/c1-2-14-11-15-7-16-12(18-11)17-10(19)8-3-5-9(13)6-4-8/h3-7H,2,13H2,1H3,(H2,14,15,16,17,18,19). The molecule has 0 unspecified atom stereocenters. The quantitative estimate of drug-likeness (QED) is 0.710. The van der Waals surface area contributed by atoms with Gasteiger partial charge >= 0.3 is 0 Å². The fourth-order valence-electron chi connectivity index (χ4n) is 1.41. The zero-order chi connectivity index (χ0) is 13.7. The van der Waals surface area contributed by atoms with E-state index in [1.165, 1.54) is 6.33 Å². The molecule has 4 N–H and O–H groups in total. The Morgan fingerprint density at radius 1 is 1.21 bits per heavy atom. The van der Waals surface area contributed by atoms with Gasteiger partial charge in [0.1, 0.15) is 6.33 Å². The normalized spacial score (nSPS) is 9.95. The van der Waals surface area contributed by atoms with Gasteiger partial charge in [0.15, 0.2) is 0 Å². The van der Waals surface area contributed by atoms with E-state index in [-0.39, 0.29) is 11.9 Å². The third-order valence-electron chi connectivity index (χ3n) is 2.30. The monoisotopic (exact) mass is 258 g/mol. The van der Waals surface area contributed by atoms with Gasteiger partial charge in [-0.2, -0.15) is 4.98 Å². The number of nitrogens with two attached hydrogens (primary N) is 1. The van der Waals surface area contributed by atoms with Gasteiger partial charge in [-0.15, -0.1) is 0 Å². The van der Waals surface area contributed by atoms with E-state index in [1.807, 2.05) is 6.92 Å². The van der Waals surface area contributed by atoms with Gasteiger partial charge in [0.2, 0.25) is 11.9 Å². The molecule has 1 amide bonds. The van der Waals surface area contributed by atoms with E-state index in [9.17, 15) is 4.79 Å². The molecule has 98 valence electrons. The molecule has 2 rings (SSSR count). The Balaban J connectivity index is 2.10. The van der Waals surface area contributed by atoms with Crippen molar-refractivity contribution in [3.8, 4) is 0 Å². The maximum Gasteiger partial charge on any atom is 0.258 e. The molecular formula is C12H14N6O. The van der Waals surface area contributed by atoms with Crippen molar-refractivity contribution in [1.29, 1.82) is 0 Å². The van der Waals surface area contributed by atoms with Gasteiger partial charge in [0, 0.05) is 17.8 Å². The molecule has 7 nitrogen and oxygen atoms in total. The summed E-state index contributed by atoms with van der Waals surface area (Å²) in [4.78, 5) is 23.8. The van der Waals surface area contributed by atoms with Gasteiger partial charge < -0.3 is 11.1 Å². The Morgan fingerprint density at radius 3 is 2.58 bits per heavy atom. The molecule has 1 heterocycles. The Bertz CT molecular complexity index is 569. The van der Waals surface area contributed by atoms with E-state index in [1.54, 1.807) is 24.3 Å². The lowest BCUT2D eigenvalue weighted by Gasteiger charge is -2.05. The first-order valence-corrected chi connectivity index (χ1v) is 5.79. The minimum absolute atomic E-state index is 0.202. The summed E-state index contributed by atoms with van der Waals surface area (Å²) in [5.41, 5.74) is 6.65. The number of benzene rings is 1. The van der Waals surface area contributed by atoms with Crippen molar-refractivity contribution in [1.82, 2.24) is 15.0 Å². The van der Waals surface area contributed by atoms with Crippen LogP contribution in [0.2, 0.25) is 0 Å². The lowest BCUT2D eigenvalue weighted by Crippen LogP contribution is -2.15. The lowest BCUT2D eigenvalue weighted by atomic mass is 10.2. The van der Waals surface area contributed by atoms with Gasteiger partial charge in [0.25, 0.3) is 5.91 Å². The second-order valence-electron chi connectivity index (χ2n) is 3.74. The smallest absolute Gasteiger partial charge is 0.258 e. The van der Waals surface area contributed by atoms with E-state index in [2.05, 4.69) is 25.6 Å². The van der Waals surface area contributed by atoms with Crippen LogP contribution >= 0.6 is 0 Å². The summed E-state index contributed by atoms with van der Waals surface area (Å²) in [6.07, 6.45) is 1.34. The molecule has 7 heteroatoms. The molecular weight excluding hydrogens is 244 g/mol. The highest BCUT2D eigenvalue weighted by Gasteiger charge is 2.08. The zero-order valence-electron chi connectivity index (χ0n) is 10.4. The Hall–Kier alpha value is -2.70. The maximum atomic E-state index is 11.9. The molecule has 1 aromatic carbocycles. The molecule has 0 aliphatic heterocycles. The molecule has 0 radical (unpaired) electrons. The molecule has 2 aromatic rings. The number of amides is 1. The average molecular weight is 258 g/mol. The largest absolute Gasteiger partial charge is 0.399 e. The summed E-state index contributed by atoms with van der Waals surface area (Å²) in [6.45, 7) is 2.62. The Labute approximate surface area is 110 Å².